The van der Waals surface area contributed by atoms with Gasteiger partial charge in [0.25, 0.3) is 0 Å². The van der Waals surface area contributed by atoms with Crippen molar-refractivity contribution in [2.75, 3.05) is 6.61 Å². The first-order chi connectivity index (χ1) is 15.4. The van der Waals surface area contributed by atoms with E-state index in [9.17, 15) is 19.2 Å². The Morgan fingerprint density at radius 3 is 2.52 bits per heavy atom. The minimum absolute atomic E-state index is 0.105. The maximum atomic E-state index is 12.5. The molecule has 0 N–H and O–H groups in total. The molecular formula is C24H30O9. The lowest BCUT2D eigenvalue weighted by atomic mass is 9.86. The Morgan fingerprint density at radius 2 is 1.91 bits per heavy atom. The molecule has 0 spiro atoms. The molecule has 0 aromatic carbocycles. The third-order valence-corrected chi connectivity index (χ3v) is 6.37. The summed E-state index contributed by atoms with van der Waals surface area (Å²) in [6.07, 6.45) is 2.72. The molecule has 4 atom stereocenters. The lowest BCUT2D eigenvalue weighted by Gasteiger charge is -2.33. The largest absolute Gasteiger partial charge is 0.461 e. The fraction of sp³-hybridized carbons (Fsp3) is 0.583. The Balaban J connectivity index is 2.05. The third kappa shape index (κ3) is 4.88. The molecule has 3 aliphatic heterocycles. The summed E-state index contributed by atoms with van der Waals surface area (Å²) in [5.74, 6) is -3.59. The van der Waals surface area contributed by atoms with Crippen LogP contribution in [0.3, 0.4) is 0 Å². The van der Waals surface area contributed by atoms with Crippen LogP contribution in [0, 0.1) is 0 Å². The van der Waals surface area contributed by atoms with E-state index in [2.05, 4.69) is 0 Å². The Kier molecular flexibility index (Phi) is 6.83. The Bertz CT molecular complexity index is 972. The normalized spacial score (nSPS) is 33.1. The number of esters is 4. The van der Waals surface area contributed by atoms with Crippen molar-refractivity contribution >= 4 is 23.9 Å². The van der Waals surface area contributed by atoms with Crippen molar-refractivity contribution in [1.82, 2.24) is 0 Å². The second-order valence-electron chi connectivity index (χ2n) is 8.79. The van der Waals surface area contributed by atoms with Crippen LogP contribution in [0.25, 0.3) is 0 Å². The molecule has 33 heavy (non-hydrogen) atoms. The molecule has 2 bridgehead atoms. The molecule has 180 valence electrons. The topological polar surface area (TPSA) is 114 Å². The van der Waals surface area contributed by atoms with Crippen molar-refractivity contribution < 1.29 is 42.9 Å². The van der Waals surface area contributed by atoms with Crippen LogP contribution in [0.4, 0.5) is 0 Å². The third-order valence-electron chi connectivity index (χ3n) is 6.37. The van der Waals surface area contributed by atoms with Crippen LogP contribution in [-0.2, 0) is 42.9 Å². The summed E-state index contributed by atoms with van der Waals surface area (Å²) in [5.41, 5.74) is 0.874. The van der Waals surface area contributed by atoms with Gasteiger partial charge in [-0.1, -0.05) is 6.08 Å². The summed E-state index contributed by atoms with van der Waals surface area (Å²) in [5, 5.41) is 0. The lowest BCUT2D eigenvalue weighted by Crippen LogP contribution is -2.41. The number of ether oxygens (including phenoxy) is 5. The molecule has 0 amide bonds. The second-order valence-corrected chi connectivity index (χ2v) is 8.79. The number of allylic oxidation sites excluding steroid dienone is 1. The van der Waals surface area contributed by atoms with E-state index in [0.717, 1.165) is 0 Å². The quantitative estimate of drug-likeness (QED) is 0.263. The molecule has 1 saturated heterocycles. The van der Waals surface area contributed by atoms with Gasteiger partial charge in [-0.15, -0.1) is 0 Å². The van der Waals surface area contributed by atoms with E-state index in [1.165, 1.54) is 13.8 Å². The summed E-state index contributed by atoms with van der Waals surface area (Å²) in [6.45, 7) is 9.24. The highest BCUT2D eigenvalue weighted by Crippen LogP contribution is 2.49. The number of rotatable bonds is 5. The van der Waals surface area contributed by atoms with E-state index in [-0.39, 0.29) is 18.6 Å². The van der Waals surface area contributed by atoms with Gasteiger partial charge in [-0.3, -0.25) is 9.59 Å². The SMILES string of the molecule is C/C=C(\C)C(=O)O[C@@H]1C[C@]2(OC(C)=O)O[C@]1(C)CCC1=C(COC(C)=O)C(=O)O[C@@H]1/C=C\2C. The molecule has 0 aromatic heterocycles. The van der Waals surface area contributed by atoms with Crippen molar-refractivity contribution in [3.63, 3.8) is 0 Å². The first-order valence-electron chi connectivity index (χ1n) is 10.9. The van der Waals surface area contributed by atoms with Gasteiger partial charge >= 0.3 is 23.9 Å². The monoisotopic (exact) mass is 462 g/mol. The average molecular weight is 462 g/mol. The number of carbonyl (C=O) groups is 4. The predicted molar refractivity (Wildman–Crippen MR) is 114 cm³/mol. The molecule has 9 heteroatoms. The number of fused-ring (bicyclic) bond motifs is 3. The summed E-state index contributed by atoms with van der Waals surface area (Å²) in [7, 11) is 0. The Hall–Kier alpha value is -2.94. The fourth-order valence-electron chi connectivity index (χ4n) is 4.33. The summed E-state index contributed by atoms with van der Waals surface area (Å²) >= 11 is 0. The van der Waals surface area contributed by atoms with Crippen molar-refractivity contribution in [2.24, 2.45) is 0 Å². The van der Waals surface area contributed by atoms with Gasteiger partial charge in [-0.05, 0) is 57.8 Å². The van der Waals surface area contributed by atoms with E-state index in [4.69, 9.17) is 23.7 Å². The summed E-state index contributed by atoms with van der Waals surface area (Å²) < 4.78 is 28.4. The predicted octanol–water partition coefficient (Wildman–Crippen LogP) is 2.83. The van der Waals surface area contributed by atoms with Gasteiger partial charge in [0.05, 0.1) is 12.0 Å². The first kappa shape index (κ1) is 24.7. The molecule has 0 saturated carbocycles. The highest BCUT2D eigenvalue weighted by molar-refractivity contribution is 5.93. The molecular weight excluding hydrogens is 432 g/mol. The zero-order valence-corrected chi connectivity index (χ0v) is 19.8. The Labute approximate surface area is 192 Å². The van der Waals surface area contributed by atoms with E-state index in [1.807, 2.05) is 0 Å². The van der Waals surface area contributed by atoms with E-state index < -0.39 is 47.5 Å². The second kappa shape index (κ2) is 9.13. The van der Waals surface area contributed by atoms with Crippen molar-refractivity contribution in [2.45, 2.75) is 84.4 Å². The van der Waals surface area contributed by atoms with Crippen LogP contribution in [0.2, 0.25) is 0 Å². The Morgan fingerprint density at radius 1 is 1.21 bits per heavy atom. The molecule has 0 aliphatic carbocycles. The highest BCUT2D eigenvalue weighted by atomic mass is 16.7. The minimum atomic E-state index is -1.48. The van der Waals surface area contributed by atoms with Gasteiger partial charge in [-0.25, -0.2) is 9.59 Å². The standard InChI is InChI=1S/C24H30O9/c1-7-13(2)21(27)31-20-11-24(32-16(5)26)14(3)10-19-17(8-9-23(20,6)33-24)18(22(28)30-19)12-29-15(4)25/h7,10,19-20H,8-9,11-12H2,1-6H3/b13-7+,14-10-/t19-,20-,23-,24+/m1/s1. The van der Waals surface area contributed by atoms with Gasteiger partial charge in [0.15, 0.2) is 0 Å². The van der Waals surface area contributed by atoms with Crippen LogP contribution in [0.1, 0.15) is 60.8 Å². The molecule has 0 unspecified atom stereocenters. The van der Waals surface area contributed by atoms with E-state index >= 15 is 0 Å². The van der Waals surface area contributed by atoms with Crippen LogP contribution in [-0.4, -0.2) is 54.1 Å². The molecule has 0 radical (unpaired) electrons. The lowest BCUT2D eigenvalue weighted by molar-refractivity contribution is -0.226. The van der Waals surface area contributed by atoms with Gasteiger partial charge in [0, 0.05) is 19.4 Å². The maximum absolute atomic E-state index is 12.5. The van der Waals surface area contributed by atoms with Crippen LogP contribution in [0.5, 0.6) is 0 Å². The van der Waals surface area contributed by atoms with Gasteiger partial charge in [0.1, 0.15) is 24.4 Å². The van der Waals surface area contributed by atoms with E-state index in [0.29, 0.717) is 29.6 Å². The minimum Gasteiger partial charge on any atom is -0.461 e. The van der Waals surface area contributed by atoms with Gasteiger partial charge in [0.2, 0.25) is 5.79 Å². The fourth-order valence-corrected chi connectivity index (χ4v) is 4.33. The van der Waals surface area contributed by atoms with Crippen LogP contribution >= 0.6 is 0 Å². The van der Waals surface area contributed by atoms with Crippen LogP contribution in [0.15, 0.2) is 34.4 Å². The van der Waals surface area contributed by atoms with E-state index in [1.54, 1.807) is 39.8 Å². The molecule has 9 nitrogen and oxygen atoms in total. The van der Waals surface area contributed by atoms with Crippen molar-refractivity contribution in [1.29, 1.82) is 0 Å². The molecule has 0 aromatic rings. The van der Waals surface area contributed by atoms with Crippen LogP contribution < -0.4 is 0 Å². The number of hydrogen-bond acceptors (Lipinski definition) is 9. The summed E-state index contributed by atoms with van der Waals surface area (Å²) in [4.78, 5) is 48.4. The zero-order valence-electron chi connectivity index (χ0n) is 19.8. The molecule has 3 heterocycles. The summed E-state index contributed by atoms with van der Waals surface area (Å²) in [6, 6.07) is 0. The van der Waals surface area contributed by atoms with Gasteiger partial charge in [-0.2, -0.15) is 0 Å². The maximum Gasteiger partial charge on any atom is 0.338 e. The molecule has 3 aliphatic rings. The smallest absolute Gasteiger partial charge is 0.338 e. The highest BCUT2D eigenvalue weighted by Gasteiger charge is 2.59. The number of hydrogen-bond donors (Lipinski definition) is 0. The molecule has 1 fully saturated rings. The number of carbonyl (C=O) groups excluding carboxylic acids is 4. The van der Waals surface area contributed by atoms with Crippen molar-refractivity contribution in [3.8, 4) is 0 Å². The average Bonchev–Trinajstić information content (AvgIpc) is 3.17. The van der Waals surface area contributed by atoms with Crippen molar-refractivity contribution in [3.05, 3.63) is 34.4 Å². The first-order valence-corrected chi connectivity index (χ1v) is 10.9. The van der Waals surface area contributed by atoms with Gasteiger partial charge < -0.3 is 23.7 Å². The zero-order chi connectivity index (χ0) is 24.6. The molecule has 3 rings (SSSR count).